The van der Waals surface area contributed by atoms with Crippen molar-refractivity contribution in [1.29, 1.82) is 0 Å². The Labute approximate surface area is 125 Å². The molecular formula is C15H10N4OS. The lowest BCUT2D eigenvalue weighted by atomic mass is 10.1. The van der Waals surface area contributed by atoms with Gasteiger partial charge in [0.05, 0.1) is 23.6 Å². The van der Waals surface area contributed by atoms with Crippen molar-refractivity contribution in [2.75, 3.05) is 0 Å². The van der Waals surface area contributed by atoms with Crippen LogP contribution in [0.3, 0.4) is 0 Å². The van der Waals surface area contributed by atoms with Gasteiger partial charge in [-0.1, -0.05) is 12.1 Å². The van der Waals surface area contributed by atoms with Gasteiger partial charge in [-0.25, -0.2) is 4.98 Å². The van der Waals surface area contributed by atoms with Crippen LogP contribution in [0.25, 0.3) is 22.8 Å². The van der Waals surface area contributed by atoms with Gasteiger partial charge in [-0.2, -0.15) is 0 Å². The van der Waals surface area contributed by atoms with Gasteiger partial charge in [-0.3, -0.25) is 14.8 Å². The summed E-state index contributed by atoms with van der Waals surface area (Å²) in [6.07, 6.45) is 3.47. The minimum absolute atomic E-state index is 0.0993. The highest BCUT2D eigenvalue weighted by molar-refractivity contribution is 8.13. The molecule has 0 radical (unpaired) electrons. The van der Waals surface area contributed by atoms with Crippen LogP contribution in [0, 0.1) is 0 Å². The molecule has 6 heteroatoms. The number of pyridine rings is 2. The molecule has 4 heterocycles. The maximum absolute atomic E-state index is 11.7. The molecule has 0 N–H and O–H groups in total. The van der Waals surface area contributed by atoms with E-state index in [-0.39, 0.29) is 5.12 Å². The van der Waals surface area contributed by atoms with Crippen molar-refractivity contribution in [1.82, 2.24) is 19.5 Å². The number of carbonyl (C=O) groups excluding carboxylic acids is 1. The largest absolute Gasteiger partial charge is 0.308 e. The van der Waals surface area contributed by atoms with E-state index >= 15 is 0 Å². The fourth-order valence-corrected chi connectivity index (χ4v) is 3.16. The van der Waals surface area contributed by atoms with Gasteiger partial charge in [0.15, 0.2) is 5.16 Å². The summed E-state index contributed by atoms with van der Waals surface area (Å²) in [4.78, 5) is 25.0. The van der Waals surface area contributed by atoms with E-state index in [9.17, 15) is 4.79 Å². The monoisotopic (exact) mass is 294 g/mol. The molecule has 0 aromatic carbocycles. The first kappa shape index (κ1) is 12.3. The highest BCUT2D eigenvalue weighted by Crippen LogP contribution is 2.37. The molecule has 0 bridgehead atoms. The van der Waals surface area contributed by atoms with E-state index in [1.807, 2.05) is 41.0 Å². The Morgan fingerprint density at radius 1 is 1.00 bits per heavy atom. The number of carbonyl (C=O) groups is 1. The third kappa shape index (κ3) is 2.04. The summed E-state index contributed by atoms with van der Waals surface area (Å²) in [5, 5.41) is 0.809. The average molecular weight is 294 g/mol. The summed E-state index contributed by atoms with van der Waals surface area (Å²) in [6.45, 7) is 0.325. The van der Waals surface area contributed by atoms with Gasteiger partial charge in [-0.05, 0) is 36.0 Å². The number of fused-ring (bicyclic) bond motifs is 1. The van der Waals surface area contributed by atoms with Gasteiger partial charge in [0.1, 0.15) is 5.69 Å². The number of hydrogen-bond acceptors (Lipinski definition) is 5. The molecule has 0 saturated carbocycles. The predicted molar refractivity (Wildman–Crippen MR) is 79.6 cm³/mol. The van der Waals surface area contributed by atoms with E-state index in [4.69, 9.17) is 0 Å². The fraction of sp³-hybridized carbons (Fsp3) is 0.0667. The quantitative estimate of drug-likeness (QED) is 0.727. The highest BCUT2D eigenvalue weighted by atomic mass is 32.2. The topological polar surface area (TPSA) is 60.7 Å². The van der Waals surface area contributed by atoms with Crippen LogP contribution in [0.4, 0.5) is 0 Å². The zero-order valence-electron chi connectivity index (χ0n) is 10.9. The number of thioether (sulfide) groups is 1. The van der Waals surface area contributed by atoms with Crippen molar-refractivity contribution in [2.45, 2.75) is 11.7 Å². The van der Waals surface area contributed by atoms with Gasteiger partial charge < -0.3 is 4.57 Å². The summed E-state index contributed by atoms with van der Waals surface area (Å²) in [7, 11) is 0. The molecular weight excluding hydrogens is 284 g/mol. The second-order valence-electron chi connectivity index (χ2n) is 4.58. The van der Waals surface area contributed by atoms with E-state index in [1.54, 1.807) is 12.4 Å². The van der Waals surface area contributed by atoms with Crippen molar-refractivity contribution < 1.29 is 4.79 Å². The van der Waals surface area contributed by atoms with Crippen molar-refractivity contribution in [3.8, 4) is 22.8 Å². The van der Waals surface area contributed by atoms with Gasteiger partial charge in [0.25, 0.3) is 0 Å². The Balaban J connectivity index is 1.97. The Hall–Kier alpha value is -2.47. The van der Waals surface area contributed by atoms with Crippen molar-refractivity contribution in [2.24, 2.45) is 0 Å². The van der Waals surface area contributed by atoms with E-state index in [0.717, 1.165) is 22.8 Å². The Morgan fingerprint density at radius 3 is 2.38 bits per heavy atom. The second kappa shape index (κ2) is 4.82. The maximum atomic E-state index is 11.7. The molecule has 0 atom stereocenters. The minimum atomic E-state index is 0.0993. The van der Waals surface area contributed by atoms with Gasteiger partial charge in [-0.15, -0.1) is 0 Å². The number of aromatic nitrogens is 4. The third-order valence-corrected chi connectivity index (χ3v) is 4.09. The van der Waals surface area contributed by atoms with Crippen LogP contribution < -0.4 is 0 Å². The summed E-state index contributed by atoms with van der Waals surface area (Å²) < 4.78 is 1.92. The van der Waals surface area contributed by atoms with Gasteiger partial charge >= 0.3 is 0 Å². The molecule has 3 aromatic rings. The lowest BCUT2D eigenvalue weighted by Crippen LogP contribution is -2.02. The molecule has 3 aromatic heterocycles. The van der Waals surface area contributed by atoms with Crippen LogP contribution in [0.5, 0.6) is 0 Å². The molecule has 0 unspecified atom stereocenters. The van der Waals surface area contributed by atoms with E-state index in [1.165, 1.54) is 11.8 Å². The zero-order valence-corrected chi connectivity index (χ0v) is 11.7. The van der Waals surface area contributed by atoms with Crippen molar-refractivity contribution in [3.05, 3.63) is 48.8 Å². The average Bonchev–Trinajstić information content (AvgIpc) is 3.05. The zero-order chi connectivity index (χ0) is 14.2. The lowest BCUT2D eigenvalue weighted by molar-refractivity contribution is -0.111. The molecule has 0 fully saturated rings. The first-order chi connectivity index (χ1) is 10.3. The molecule has 4 rings (SSSR count). The first-order valence-corrected chi connectivity index (χ1v) is 7.28. The normalized spacial score (nSPS) is 13.4. The van der Waals surface area contributed by atoms with Gasteiger partial charge in [0.2, 0.25) is 5.12 Å². The van der Waals surface area contributed by atoms with Crippen molar-refractivity contribution in [3.63, 3.8) is 0 Å². The molecule has 0 spiro atoms. The molecule has 0 aliphatic carbocycles. The molecule has 102 valence electrons. The number of imidazole rings is 1. The Kier molecular flexibility index (Phi) is 2.82. The second-order valence-corrected chi connectivity index (χ2v) is 5.61. The molecule has 0 saturated heterocycles. The van der Waals surface area contributed by atoms with Crippen molar-refractivity contribution >= 4 is 16.9 Å². The SMILES string of the molecule is O=C1Cn2c(nc(-c3ccccn3)c2-c2ccccn2)S1. The maximum Gasteiger partial charge on any atom is 0.216 e. The first-order valence-electron chi connectivity index (χ1n) is 6.47. The predicted octanol–water partition coefficient (Wildman–Crippen LogP) is 2.64. The van der Waals surface area contributed by atoms with Crippen LogP contribution in [-0.4, -0.2) is 24.6 Å². The number of hydrogen-bond donors (Lipinski definition) is 0. The van der Waals surface area contributed by atoms with Crippen LogP contribution in [-0.2, 0) is 11.3 Å². The van der Waals surface area contributed by atoms with E-state index in [2.05, 4.69) is 15.0 Å². The van der Waals surface area contributed by atoms with Crippen LogP contribution in [0.1, 0.15) is 0 Å². The molecule has 5 nitrogen and oxygen atoms in total. The van der Waals surface area contributed by atoms with Crippen LogP contribution in [0.15, 0.2) is 53.9 Å². The standard InChI is InChI=1S/C15H10N4OS/c20-12-9-19-14(11-6-2-4-8-17-11)13(18-15(19)21-12)10-5-1-3-7-16-10/h1-8H,9H2. The summed E-state index contributed by atoms with van der Waals surface area (Å²) in [5.41, 5.74) is 3.20. The molecule has 1 aliphatic rings. The Bertz CT molecular complexity index is 814. The lowest BCUT2D eigenvalue weighted by Gasteiger charge is -2.06. The number of rotatable bonds is 2. The summed E-state index contributed by atoms with van der Waals surface area (Å²) in [5.74, 6) is 0. The van der Waals surface area contributed by atoms with Gasteiger partial charge in [0, 0.05) is 12.4 Å². The minimum Gasteiger partial charge on any atom is -0.308 e. The fourth-order valence-electron chi connectivity index (χ4n) is 2.36. The molecule has 21 heavy (non-hydrogen) atoms. The number of nitrogens with zero attached hydrogens (tertiary/aromatic N) is 4. The Morgan fingerprint density at radius 2 is 1.71 bits per heavy atom. The van der Waals surface area contributed by atoms with Crippen LogP contribution >= 0.6 is 11.8 Å². The summed E-state index contributed by atoms with van der Waals surface area (Å²) in [6, 6.07) is 11.4. The molecule has 1 aliphatic heterocycles. The van der Waals surface area contributed by atoms with E-state index in [0.29, 0.717) is 11.7 Å². The highest BCUT2D eigenvalue weighted by Gasteiger charge is 2.29. The summed E-state index contributed by atoms with van der Waals surface area (Å²) >= 11 is 1.17. The third-order valence-electron chi connectivity index (χ3n) is 3.24. The molecule has 0 amide bonds. The smallest absolute Gasteiger partial charge is 0.216 e. The van der Waals surface area contributed by atoms with E-state index < -0.39 is 0 Å². The van der Waals surface area contributed by atoms with Crippen LogP contribution in [0.2, 0.25) is 0 Å².